The topological polar surface area (TPSA) is 72.6 Å². The maximum atomic E-state index is 11.2. The van der Waals surface area contributed by atoms with Gasteiger partial charge in [-0.1, -0.05) is 0 Å². The third-order valence-corrected chi connectivity index (χ3v) is 1.03. The molecule has 0 spiro atoms. The first-order valence-electron chi connectivity index (χ1n) is 3.38. The van der Waals surface area contributed by atoms with Crippen molar-refractivity contribution in [3.63, 3.8) is 0 Å². The van der Waals surface area contributed by atoms with Crippen LogP contribution >= 0.6 is 0 Å². The van der Waals surface area contributed by atoms with Crippen LogP contribution in [-0.2, 0) is 0 Å². The van der Waals surface area contributed by atoms with E-state index in [9.17, 15) is 43.9 Å². The van der Waals surface area contributed by atoms with Gasteiger partial charge in [0.15, 0.2) is 0 Å². The van der Waals surface area contributed by atoms with Crippen LogP contribution in [0.4, 0.5) is 43.9 Å². The summed E-state index contributed by atoms with van der Waals surface area (Å²) >= 11 is 0. The zero-order valence-corrected chi connectivity index (χ0v) is 7.90. The van der Waals surface area contributed by atoms with E-state index in [-0.39, 0.29) is 0 Å². The Balaban J connectivity index is 0. The van der Waals surface area contributed by atoms with Crippen molar-refractivity contribution in [2.45, 2.75) is 24.4 Å². The molecule has 0 N–H and O–H groups in total. The molecule has 114 valence electrons. The molecule has 5 nitrogen and oxygen atoms in total. The van der Waals surface area contributed by atoms with Gasteiger partial charge in [-0.2, -0.15) is 35.1 Å². The molecule has 0 heterocycles. The summed E-state index contributed by atoms with van der Waals surface area (Å²) in [6, 6.07) is -11.3. The molecule has 0 aliphatic heterocycles. The Morgan fingerprint density at radius 3 is 1.11 bits per heavy atom. The Hall–Kier alpha value is -1.70. The van der Waals surface area contributed by atoms with Crippen LogP contribution in [0.2, 0.25) is 0 Å². The largest absolute Gasteiger partial charge is 0.610 e. The SMILES string of the molecule is O=NC(F)(F)C(F)(F)F.O=[N+]([O-])C(F)(F)C(F)(F)F. The zero-order valence-electron chi connectivity index (χ0n) is 7.90. The molecule has 19 heavy (non-hydrogen) atoms. The standard InChI is InChI=1S/C2F5NO2.C2F5NO/c3-1(4,5)2(6,7)8(9)10;3-1(4,5)2(6,7)8-9. The van der Waals surface area contributed by atoms with Crippen molar-refractivity contribution in [3.05, 3.63) is 15.0 Å². The zero-order chi connectivity index (χ0) is 16.3. The summed E-state index contributed by atoms with van der Waals surface area (Å²) in [5.41, 5.74) is 0. The van der Waals surface area contributed by atoms with Gasteiger partial charge >= 0.3 is 24.4 Å². The monoisotopic (exact) mass is 314 g/mol. The lowest BCUT2D eigenvalue weighted by Crippen LogP contribution is -2.43. The molecular weight excluding hydrogens is 314 g/mol. The highest BCUT2D eigenvalue weighted by Gasteiger charge is 2.70. The minimum Gasteiger partial charge on any atom is -0.259 e. The minimum atomic E-state index is -6.11. The normalized spacial score (nSPS) is 13.4. The van der Waals surface area contributed by atoms with Crippen molar-refractivity contribution in [2.24, 2.45) is 5.18 Å². The van der Waals surface area contributed by atoms with Crippen LogP contribution in [0.15, 0.2) is 5.18 Å². The smallest absolute Gasteiger partial charge is 0.259 e. The molecule has 0 aromatic heterocycles. The molecule has 0 aliphatic carbocycles. The van der Waals surface area contributed by atoms with Crippen LogP contribution in [0, 0.1) is 15.0 Å². The summed E-state index contributed by atoms with van der Waals surface area (Å²) in [6.45, 7) is 0. The summed E-state index contributed by atoms with van der Waals surface area (Å²) in [7, 11) is 0. The second-order valence-corrected chi connectivity index (χ2v) is 2.43. The molecular formula is C4F10N2O3. The molecule has 0 saturated heterocycles. The van der Waals surface area contributed by atoms with Gasteiger partial charge in [-0.05, 0) is 0 Å². The van der Waals surface area contributed by atoms with Gasteiger partial charge in [-0.15, -0.1) is 13.7 Å². The van der Waals surface area contributed by atoms with Crippen LogP contribution in [-0.4, -0.2) is 29.4 Å². The van der Waals surface area contributed by atoms with Gasteiger partial charge in [0.1, 0.15) is 4.92 Å². The lowest BCUT2D eigenvalue weighted by Gasteiger charge is -2.09. The maximum Gasteiger partial charge on any atom is 0.610 e. The van der Waals surface area contributed by atoms with E-state index in [2.05, 4.69) is 0 Å². The van der Waals surface area contributed by atoms with E-state index in [1.165, 1.54) is 0 Å². The molecule has 0 aliphatic rings. The van der Waals surface area contributed by atoms with E-state index in [0.29, 0.717) is 5.18 Å². The van der Waals surface area contributed by atoms with E-state index < -0.39 is 29.4 Å². The number of nitrogens with zero attached hydrogens (tertiary/aromatic N) is 2. The Morgan fingerprint density at radius 1 is 0.789 bits per heavy atom. The molecule has 0 radical (unpaired) electrons. The van der Waals surface area contributed by atoms with Gasteiger partial charge in [-0.25, -0.2) is 0 Å². The number of rotatable bonds is 2. The van der Waals surface area contributed by atoms with Crippen molar-refractivity contribution < 1.29 is 48.8 Å². The Morgan fingerprint density at radius 2 is 1.11 bits per heavy atom. The van der Waals surface area contributed by atoms with Gasteiger partial charge in [-0.3, -0.25) is 10.1 Å². The van der Waals surface area contributed by atoms with Gasteiger partial charge < -0.3 is 0 Å². The highest BCUT2D eigenvalue weighted by molar-refractivity contribution is 4.70. The second kappa shape index (κ2) is 5.52. The number of alkyl halides is 10. The van der Waals surface area contributed by atoms with Crippen molar-refractivity contribution in [3.8, 4) is 0 Å². The van der Waals surface area contributed by atoms with Crippen molar-refractivity contribution in [2.75, 3.05) is 0 Å². The van der Waals surface area contributed by atoms with Crippen LogP contribution in [0.5, 0.6) is 0 Å². The second-order valence-electron chi connectivity index (χ2n) is 2.43. The third-order valence-electron chi connectivity index (χ3n) is 1.03. The van der Waals surface area contributed by atoms with E-state index in [1.807, 2.05) is 0 Å². The van der Waals surface area contributed by atoms with E-state index in [4.69, 9.17) is 15.0 Å². The van der Waals surface area contributed by atoms with E-state index in [0.717, 1.165) is 0 Å². The van der Waals surface area contributed by atoms with E-state index >= 15 is 0 Å². The van der Waals surface area contributed by atoms with Crippen LogP contribution < -0.4 is 0 Å². The van der Waals surface area contributed by atoms with Gasteiger partial charge in [0.25, 0.3) is 0 Å². The Kier molecular flexibility index (Phi) is 5.70. The van der Waals surface area contributed by atoms with Gasteiger partial charge in [0.05, 0.1) is 0 Å². The average Bonchev–Trinajstić information content (AvgIpc) is 2.14. The summed E-state index contributed by atoms with van der Waals surface area (Å²) in [6.07, 6.45) is -12.0. The molecule has 0 aromatic rings. The molecule has 0 aromatic carbocycles. The molecule has 0 saturated carbocycles. The predicted octanol–water partition coefficient (Wildman–Crippen LogP) is 3.33. The van der Waals surface area contributed by atoms with E-state index in [1.54, 1.807) is 0 Å². The number of nitroso groups, excluding NO2 is 1. The molecule has 0 atom stereocenters. The summed E-state index contributed by atoms with van der Waals surface area (Å²) in [4.78, 5) is 15.1. The van der Waals surface area contributed by atoms with Crippen LogP contribution in [0.25, 0.3) is 0 Å². The summed E-state index contributed by atoms with van der Waals surface area (Å²) in [5, 5.41) is 9.59. The predicted molar refractivity (Wildman–Crippen MR) is 34.8 cm³/mol. The lowest BCUT2D eigenvalue weighted by molar-refractivity contribution is -0.686. The molecule has 0 bridgehead atoms. The molecule has 0 unspecified atom stereocenters. The molecule has 0 rings (SSSR count). The fraction of sp³-hybridized carbons (Fsp3) is 1.00. The number of hydrogen-bond donors (Lipinski definition) is 0. The highest BCUT2D eigenvalue weighted by Crippen LogP contribution is 2.36. The fourth-order valence-electron chi connectivity index (χ4n) is 0.155. The fourth-order valence-corrected chi connectivity index (χ4v) is 0.155. The molecule has 15 heteroatoms. The van der Waals surface area contributed by atoms with Gasteiger partial charge in [0, 0.05) is 5.18 Å². The van der Waals surface area contributed by atoms with Crippen LogP contribution in [0.1, 0.15) is 0 Å². The van der Waals surface area contributed by atoms with Crippen molar-refractivity contribution in [1.29, 1.82) is 0 Å². The molecule has 0 fully saturated rings. The third kappa shape index (κ3) is 5.21. The van der Waals surface area contributed by atoms with Crippen molar-refractivity contribution in [1.82, 2.24) is 0 Å². The first-order valence-corrected chi connectivity index (χ1v) is 3.38. The highest BCUT2D eigenvalue weighted by atomic mass is 19.4. The molecule has 0 amide bonds. The maximum absolute atomic E-state index is 11.2. The first kappa shape index (κ1) is 19.6. The van der Waals surface area contributed by atoms with Crippen LogP contribution in [0.3, 0.4) is 0 Å². The first-order chi connectivity index (χ1) is 8.00. The Bertz CT molecular complexity index is 333. The number of halogens is 10. The van der Waals surface area contributed by atoms with Crippen molar-refractivity contribution >= 4 is 0 Å². The number of hydrogen-bond acceptors (Lipinski definition) is 4. The Labute approximate surface area is 94.8 Å². The lowest BCUT2D eigenvalue weighted by atomic mass is 10.6. The average molecular weight is 314 g/mol. The van der Waals surface area contributed by atoms with Gasteiger partial charge in [0.2, 0.25) is 0 Å². The minimum absolute atomic E-state index is 0.583. The quantitative estimate of drug-likeness (QED) is 0.258. The number of nitro groups is 1. The summed E-state index contributed by atoms with van der Waals surface area (Å²) < 4.78 is 110. The summed E-state index contributed by atoms with van der Waals surface area (Å²) in [5.74, 6) is 0.